The summed E-state index contributed by atoms with van der Waals surface area (Å²) in [6.45, 7) is 1.12. The predicted octanol–water partition coefficient (Wildman–Crippen LogP) is 1.83. The van der Waals surface area contributed by atoms with Crippen LogP contribution >= 0.6 is 15.9 Å². The van der Waals surface area contributed by atoms with Crippen molar-refractivity contribution in [2.24, 2.45) is 0 Å². The summed E-state index contributed by atoms with van der Waals surface area (Å²) in [6.07, 6.45) is 4.73. The number of alkyl halides is 1. The first-order valence-electron chi connectivity index (χ1n) is 8.21. The number of nitrogens with zero attached hydrogens (tertiary/aromatic N) is 2. The quantitative estimate of drug-likeness (QED) is 0.460. The third-order valence-corrected chi connectivity index (χ3v) is 4.98. The molecule has 0 aliphatic carbocycles. The number of benzene rings is 1. The van der Waals surface area contributed by atoms with E-state index < -0.39 is 6.04 Å². The molecule has 6 nitrogen and oxygen atoms in total. The zero-order valence-electron chi connectivity index (χ0n) is 14.0. The van der Waals surface area contributed by atoms with Gasteiger partial charge in [0.05, 0.1) is 0 Å². The van der Waals surface area contributed by atoms with Crippen LogP contribution in [0.4, 0.5) is 5.69 Å². The van der Waals surface area contributed by atoms with Gasteiger partial charge in [-0.15, -0.1) is 0 Å². The molecule has 0 aromatic heterocycles. The summed E-state index contributed by atoms with van der Waals surface area (Å²) >= 11 is 3.36. The summed E-state index contributed by atoms with van der Waals surface area (Å²) in [4.78, 5) is 39.9. The van der Waals surface area contributed by atoms with Gasteiger partial charge in [-0.05, 0) is 18.6 Å². The first-order chi connectivity index (χ1) is 12.0. The molecule has 1 aromatic rings. The molecule has 1 atom stereocenters. The Morgan fingerprint density at radius 3 is 2.84 bits per heavy atom. The molecule has 25 heavy (non-hydrogen) atoms. The third-order valence-electron chi connectivity index (χ3n) is 4.60. The van der Waals surface area contributed by atoms with E-state index in [-0.39, 0.29) is 24.1 Å². The highest BCUT2D eigenvalue weighted by Gasteiger charge is 2.40. The molecule has 2 aliphatic heterocycles. The Hall–Kier alpha value is -2.15. The van der Waals surface area contributed by atoms with E-state index in [1.54, 1.807) is 11.0 Å². The molecule has 0 bridgehead atoms. The Labute approximate surface area is 155 Å². The number of piperidine rings is 1. The maximum Gasteiger partial charge on any atom is 0.255 e. The second-order valence-electron chi connectivity index (χ2n) is 6.21. The van der Waals surface area contributed by atoms with E-state index in [4.69, 9.17) is 0 Å². The Balaban J connectivity index is 1.83. The molecule has 2 heterocycles. The number of amides is 3. The van der Waals surface area contributed by atoms with Crippen molar-refractivity contribution < 1.29 is 14.4 Å². The van der Waals surface area contributed by atoms with E-state index >= 15 is 0 Å². The Morgan fingerprint density at radius 2 is 2.12 bits per heavy atom. The van der Waals surface area contributed by atoms with Crippen molar-refractivity contribution in [3.8, 4) is 0 Å². The molecule has 1 saturated heterocycles. The number of hydrogen-bond donors (Lipinski definition) is 1. The molecule has 1 N–H and O–H groups in total. The smallest absolute Gasteiger partial charge is 0.255 e. The van der Waals surface area contributed by atoms with Crippen LogP contribution < -0.4 is 10.2 Å². The SMILES string of the molecule is CN(C/C=C/CBr)c1cccc2c1CN(C1CCC(=O)NC1=O)C2=O. The van der Waals surface area contributed by atoms with Crippen LogP contribution in [0, 0.1) is 0 Å². The van der Waals surface area contributed by atoms with Crippen molar-refractivity contribution in [2.75, 3.05) is 23.8 Å². The molecule has 1 fully saturated rings. The van der Waals surface area contributed by atoms with Crippen LogP contribution in [0.1, 0.15) is 28.8 Å². The number of anilines is 1. The van der Waals surface area contributed by atoms with Crippen molar-refractivity contribution in [1.82, 2.24) is 10.2 Å². The minimum absolute atomic E-state index is 0.143. The maximum atomic E-state index is 12.8. The fourth-order valence-corrected chi connectivity index (χ4v) is 3.59. The molecule has 3 rings (SSSR count). The largest absolute Gasteiger partial charge is 0.371 e. The molecule has 0 spiro atoms. The lowest BCUT2D eigenvalue weighted by Gasteiger charge is -2.29. The number of carbonyl (C=O) groups excluding carboxylic acids is 3. The van der Waals surface area contributed by atoms with Crippen LogP contribution in [0.25, 0.3) is 0 Å². The minimum Gasteiger partial charge on any atom is -0.371 e. The number of rotatable bonds is 5. The highest BCUT2D eigenvalue weighted by atomic mass is 79.9. The minimum atomic E-state index is -0.580. The van der Waals surface area contributed by atoms with E-state index in [0.717, 1.165) is 23.1 Å². The summed E-state index contributed by atoms with van der Waals surface area (Å²) < 4.78 is 0. The van der Waals surface area contributed by atoms with Gasteiger partial charge in [0.15, 0.2) is 0 Å². The van der Waals surface area contributed by atoms with E-state index in [9.17, 15) is 14.4 Å². The van der Waals surface area contributed by atoms with E-state index in [1.807, 2.05) is 25.3 Å². The van der Waals surface area contributed by atoms with Gasteiger partial charge in [0, 0.05) is 48.7 Å². The van der Waals surface area contributed by atoms with Crippen molar-refractivity contribution in [1.29, 1.82) is 0 Å². The van der Waals surface area contributed by atoms with Crippen molar-refractivity contribution >= 4 is 39.3 Å². The highest BCUT2D eigenvalue weighted by Crippen LogP contribution is 2.33. The number of nitrogens with one attached hydrogen (secondary N) is 1. The zero-order valence-corrected chi connectivity index (χ0v) is 15.6. The lowest BCUT2D eigenvalue weighted by molar-refractivity contribution is -0.136. The van der Waals surface area contributed by atoms with Gasteiger partial charge in [-0.3, -0.25) is 19.7 Å². The van der Waals surface area contributed by atoms with Crippen LogP contribution in [0.2, 0.25) is 0 Å². The van der Waals surface area contributed by atoms with Crippen molar-refractivity contribution in [3.05, 3.63) is 41.5 Å². The lowest BCUT2D eigenvalue weighted by Crippen LogP contribution is -2.52. The normalized spacial score (nSPS) is 20.2. The third kappa shape index (κ3) is 3.46. The second kappa shape index (κ2) is 7.39. The fraction of sp³-hybridized carbons (Fsp3) is 0.389. The van der Waals surface area contributed by atoms with Crippen molar-refractivity contribution in [3.63, 3.8) is 0 Å². The van der Waals surface area contributed by atoms with Gasteiger partial charge in [0.2, 0.25) is 11.8 Å². The van der Waals surface area contributed by atoms with Gasteiger partial charge in [0.1, 0.15) is 6.04 Å². The first kappa shape index (κ1) is 17.7. The number of imide groups is 1. The predicted molar refractivity (Wildman–Crippen MR) is 98.7 cm³/mol. The average molecular weight is 406 g/mol. The van der Waals surface area contributed by atoms with Crippen LogP contribution in [0.15, 0.2) is 30.4 Å². The topological polar surface area (TPSA) is 69.7 Å². The number of hydrogen-bond acceptors (Lipinski definition) is 4. The van der Waals surface area contributed by atoms with Crippen molar-refractivity contribution in [2.45, 2.75) is 25.4 Å². The van der Waals surface area contributed by atoms with Crippen LogP contribution in [0.3, 0.4) is 0 Å². The number of halogens is 1. The van der Waals surface area contributed by atoms with E-state index in [1.165, 1.54) is 0 Å². The number of likely N-dealkylation sites (N-methyl/N-ethyl adjacent to an activating group) is 1. The lowest BCUT2D eigenvalue weighted by atomic mass is 10.0. The van der Waals surface area contributed by atoms with Gasteiger partial charge < -0.3 is 9.80 Å². The van der Waals surface area contributed by atoms with E-state index in [2.05, 4.69) is 32.2 Å². The summed E-state index contributed by atoms with van der Waals surface area (Å²) in [5.41, 5.74) is 2.56. The Kier molecular flexibility index (Phi) is 5.22. The molecule has 132 valence electrons. The van der Waals surface area contributed by atoms with E-state index in [0.29, 0.717) is 18.5 Å². The molecular weight excluding hydrogens is 386 g/mol. The average Bonchev–Trinajstić information content (AvgIpc) is 2.92. The monoisotopic (exact) mass is 405 g/mol. The first-order valence-corrected chi connectivity index (χ1v) is 9.33. The molecule has 1 aromatic carbocycles. The molecule has 0 saturated carbocycles. The number of carbonyl (C=O) groups is 3. The molecule has 1 unspecified atom stereocenters. The van der Waals surface area contributed by atoms with Gasteiger partial charge in [-0.25, -0.2) is 0 Å². The van der Waals surface area contributed by atoms with Gasteiger partial charge >= 0.3 is 0 Å². The molecule has 2 aliphatic rings. The summed E-state index contributed by atoms with van der Waals surface area (Å²) in [5, 5.41) is 3.13. The fourth-order valence-electron chi connectivity index (χ4n) is 3.32. The van der Waals surface area contributed by atoms with Gasteiger partial charge in [-0.1, -0.05) is 34.1 Å². The number of fused-ring (bicyclic) bond motifs is 1. The summed E-state index contributed by atoms with van der Waals surface area (Å²) in [6, 6.07) is 5.08. The van der Waals surface area contributed by atoms with Gasteiger partial charge in [-0.2, -0.15) is 0 Å². The molecular formula is C18H20BrN3O3. The summed E-state index contributed by atoms with van der Waals surface area (Å²) in [5.74, 6) is -0.798. The molecule has 0 radical (unpaired) electrons. The molecule has 3 amide bonds. The van der Waals surface area contributed by atoms with Crippen LogP contribution in [-0.4, -0.2) is 47.6 Å². The van der Waals surface area contributed by atoms with Crippen LogP contribution in [0.5, 0.6) is 0 Å². The standard InChI is InChI=1S/C18H20BrN3O3/c1-21(10-3-2-9-19)14-6-4-5-12-13(14)11-22(18(12)25)15-7-8-16(23)20-17(15)24/h2-6,15H,7-11H2,1H3,(H,20,23,24)/b3-2+. The Bertz CT molecular complexity index is 747. The van der Waals surface area contributed by atoms with Crippen LogP contribution in [-0.2, 0) is 16.1 Å². The summed E-state index contributed by atoms with van der Waals surface area (Å²) in [7, 11) is 1.98. The molecule has 7 heteroatoms. The highest BCUT2D eigenvalue weighted by molar-refractivity contribution is 9.09. The second-order valence-corrected chi connectivity index (χ2v) is 6.86. The number of allylic oxidation sites excluding steroid dienone is 1. The zero-order chi connectivity index (χ0) is 18.0. The Morgan fingerprint density at radius 1 is 1.32 bits per heavy atom. The van der Waals surface area contributed by atoms with Gasteiger partial charge in [0.25, 0.3) is 5.91 Å². The maximum absolute atomic E-state index is 12.8.